The van der Waals surface area contributed by atoms with Crippen LogP contribution in [0, 0.1) is 0 Å². The lowest BCUT2D eigenvalue weighted by Crippen LogP contribution is -2.00. The molecular formula is C11H9O4. The van der Waals surface area contributed by atoms with Crippen LogP contribution >= 0.6 is 0 Å². The molecule has 1 aromatic carbocycles. The van der Waals surface area contributed by atoms with E-state index in [4.69, 9.17) is 9.15 Å². The smallest absolute Gasteiger partial charge is 0.336 e. The normalized spacial score (nSPS) is 10.5. The van der Waals surface area contributed by atoms with Gasteiger partial charge in [0.1, 0.15) is 17.9 Å². The highest BCUT2D eigenvalue weighted by Gasteiger charge is 2.05. The number of benzene rings is 1. The number of hydrogen-bond donors (Lipinski definition) is 0. The van der Waals surface area contributed by atoms with Gasteiger partial charge < -0.3 is 9.15 Å². The molecule has 1 radical (unpaired) electrons. The summed E-state index contributed by atoms with van der Waals surface area (Å²) in [5.74, 6) is 0.591. The first-order chi connectivity index (χ1) is 7.24. The molecule has 0 aliphatic rings. The molecule has 77 valence electrons. The summed E-state index contributed by atoms with van der Waals surface area (Å²) in [6.45, 7) is -0.436. The summed E-state index contributed by atoms with van der Waals surface area (Å²) in [5.41, 5.74) is 0.318. The van der Waals surface area contributed by atoms with Crippen LogP contribution in [0.2, 0.25) is 0 Å². The van der Waals surface area contributed by atoms with Gasteiger partial charge >= 0.3 is 5.63 Å². The number of ether oxygens (including phenoxy) is 1. The van der Waals surface area contributed by atoms with Crippen molar-refractivity contribution in [1.82, 2.24) is 0 Å². The number of hydrogen-bond acceptors (Lipinski definition) is 3. The van der Waals surface area contributed by atoms with E-state index < -0.39 is 12.2 Å². The van der Waals surface area contributed by atoms with Crippen LogP contribution in [0.3, 0.4) is 0 Å². The second-order valence-corrected chi connectivity index (χ2v) is 3.10. The third-order valence-electron chi connectivity index (χ3n) is 2.19. The molecule has 0 bridgehead atoms. The number of fused-ring (bicyclic) bond motifs is 1. The van der Waals surface area contributed by atoms with Crippen LogP contribution in [0.15, 0.2) is 33.5 Å². The Kier molecular flexibility index (Phi) is 2.43. The van der Waals surface area contributed by atoms with Crippen LogP contribution in [0.25, 0.3) is 11.0 Å². The quantitative estimate of drug-likeness (QED) is 0.701. The topological polar surface area (TPSA) is 59.3 Å². The van der Waals surface area contributed by atoms with Crippen LogP contribution in [0.5, 0.6) is 5.75 Å². The Labute approximate surface area is 85.7 Å². The van der Waals surface area contributed by atoms with Crippen LogP contribution in [0.1, 0.15) is 5.56 Å². The average Bonchev–Trinajstić information content (AvgIpc) is 2.26. The van der Waals surface area contributed by atoms with E-state index in [1.165, 1.54) is 13.2 Å². The van der Waals surface area contributed by atoms with Crippen molar-refractivity contribution in [2.75, 3.05) is 7.11 Å². The number of rotatable bonds is 2. The predicted octanol–water partition coefficient (Wildman–Crippen LogP) is 1.73. The Morgan fingerprint density at radius 2 is 2.13 bits per heavy atom. The first kappa shape index (κ1) is 9.73. The molecule has 0 aliphatic heterocycles. The van der Waals surface area contributed by atoms with Gasteiger partial charge in [0.25, 0.3) is 0 Å². The lowest BCUT2D eigenvalue weighted by Gasteiger charge is -2.03. The summed E-state index contributed by atoms with van der Waals surface area (Å²) in [6, 6.07) is 6.25. The van der Waals surface area contributed by atoms with Gasteiger partial charge in [-0.3, -0.25) is 0 Å². The lowest BCUT2D eigenvalue weighted by molar-refractivity contribution is 0.178. The van der Waals surface area contributed by atoms with E-state index in [0.29, 0.717) is 22.3 Å². The van der Waals surface area contributed by atoms with Gasteiger partial charge in [0.05, 0.1) is 7.11 Å². The molecule has 2 aromatic rings. The molecule has 1 aromatic heterocycles. The molecule has 4 heteroatoms. The van der Waals surface area contributed by atoms with Gasteiger partial charge in [-0.25, -0.2) is 9.90 Å². The Balaban J connectivity index is 2.78. The number of methoxy groups -OCH3 is 1. The van der Waals surface area contributed by atoms with Crippen molar-refractivity contribution in [3.05, 3.63) is 40.2 Å². The molecule has 2 rings (SSSR count). The van der Waals surface area contributed by atoms with Crippen LogP contribution in [-0.4, -0.2) is 7.11 Å². The molecule has 0 atom stereocenters. The standard InChI is InChI=1S/C11H9O4/c1-14-8-2-3-9-7(6-12)4-11(13)15-10(9)5-8/h2-5H,6H2,1H3. The molecule has 0 saturated heterocycles. The van der Waals surface area contributed by atoms with Gasteiger partial charge in [0.2, 0.25) is 0 Å². The third-order valence-corrected chi connectivity index (χ3v) is 2.19. The highest BCUT2D eigenvalue weighted by atomic mass is 16.5. The summed E-state index contributed by atoms with van der Waals surface area (Å²) in [5, 5.41) is 11.5. The first-order valence-corrected chi connectivity index (χ1v) is 4.43. The maximum Gasteiger partial charge on any atom is 0.336 e. The van der Waals surface area contributed by atoms with Crippen LogP contribution < -0.4 is 10.4 Å². The molecule has 0 fully saturated rings. The fraction of sp³-hybridized carbons (Fsp3) is 0.182. The van der Waals surface area contributed by atoms with Gasteiger partial charge in [0, 0.05) is 17.5 Å². The van der Waals surface area contributed by atoms with E-state index in [0.717, 1.165) is 0 Å². The minimum atomic E-state index is -0.512. The van der Waals surface area contributed by atoms with Gasteiger partial charge in [-0.05, 0) is 17.7 Å². The maximum absolute atomic E-state index is 11.1. The summed E-state index contributed by atoms with van der Waals surface area (Å²) in [7, 11) is 1.52. The Bertz CT molecular complexity index is 542. The Hall–Kier alpha value is -1.81. The summed E-state index contributed by atoms with van der Waals surface area (Å²) in [6.07, 6.45) is 0. The Morgan fingerprint density at radius 1 is 1.33 bits per heavy atom. The van der Waals surface area contributed by atoms with E-state index in [1.807, 2.05) is 0 Å². The highest BCUT2D eigenvalue weighted by molar-refractivity contribution is 5.81. The highest BCUT2D eigenvalue weighted by Crippen LogP contribution is 2.22. The van der Waals surface area contributed by atoms with Crippen LogP contribution in [-0.2, 0) is 11.7 Å². The zero-order chi connectivity index (χ0) is 10.8. The van der Waals surface area contributed by atoms with Crippen molar-refractivity contribution < 1.29 is 14.3 Å². The SMILES string of the molecule is COc1ccc2c(C[O])cc(=O)oc2c1. The van der Waals surface area contributed by atoms with E-state index in [1.54, 1.807) is 18.2 Å². The van der Waals surface area contributed by atoms with E-state index in [9.17, 15) is 9.90 Å². The molecule has 0 unspecified atom stereocenters. The monoisotopic (exact) mass is 205 g/mol. The van der Waals surface area contributed by atoms with Crippen molar-refractivity contribution in [2.45, 2.75) is 6.61 Å². The van der Waals surface area contributed by atoms with Crippen molar-refractivity contribution in [2.24, 2.45) is 0 Å². The molecule has 0 saturated carbocycles. The van der Waals surface area contributed by atoms with E-state index in [-0.39, 0.29) is 0 Å². The van der Waals surface area contributed by atoms with Crippen LogP contribution in [0.4, 0.5) is 0 Å². The largest absolute Gasteiger partial charge is 0.497 e. The molecule has 1 heterocycles. The minimum absolute atomic E-state index is 0.382. The average molecular weight is 205 g/mol. The van der Waals surface area contributed by atoms with Crippen molar-refractivity contribution in [3.63, 3.8) is 0 Å². The molecule has 0 amide bonds. The second kappa shape index (κ2) is 3.74. The lowest BCUT2D eigenvalue weighted by atomic mass is 10.1. The summed E-state index contributed by atoms with van der Waals surface area (Å²) >= 11 is 0. The summed E-state index contributed by atoms with van der Waals surface area (Å²) < 4.78 is 9.97. The zero-order valence-corrected chi connectivity index (χ0v) is 8.15. The molecule has 0 N–H and O–H groups in total. The maximum atomic E-state index is 11.1. The molecule has 0 aliphatic carbocycles. The van der Waals surface area contributed by atoms with Crippen molar-refractivity contribution in [1.29, 1.82) is 0 Å². The summed E-state index contributed by atoms with van der Waals surface area (Å²) in [4.78, 5) is 11.1. The van der Waals surface area contributed by atoms with Gasteiger partial charge in [-0.2, -0.15) is 0 Å². The van der Waals surface area contributed by atoms with E-state index >= 15 is 0 Å². The minimum Gasteiger partial charge on any atom is -0.497 e. The Morgan fingerprint density at radius 3 is 2.80 bits per heavy atom. The molecular weight excluding hydrogens is 196 g/mol. The zero-order valence-electron chi connectivity index (χ0n) is 8.15. The van der Waals surface area contributed by atoms with Gasteiger partial charge in [0.15, 0.2) is 0 Å². The second-order valence-electron chi connectivity index (χ2n) is 3.10. The van der Waals surface area contributed by atoms with Crippen molar-refractivity contribution >= 4 is 11.0 Å². The van der Waals surface area contributed by atoms with E-state index in [2.05, 4.69) is 0 Å². The van der Waals surface area contributed by atoms with Gasteiger partial charge in [-0.15, -0.1) is 0 Å². The van der Waals surface area contributed by atoms with Crippen molar-refractivity contribution in [3.8, 4) is 5.75 Å². The van der Waals surface area contributed by atoms with Gasteiger partial charge in [-0.1, -0.05) is 0 Å². The molecule has 4 nitrogen and oxygen atoms in total. The predicted molar refractivity (Wildman–Crippen MR) is 53.4 cm³/mol. The first-order valence-electron chi connectivity index (χ1n) is 4.43. The fourth-order valence-electron chi connectivity index (χ4n) is 1.46. The third kappa shape index (κ3) is 1.71. The molecule has 0 spiro atoms. The fourth-order valence-corrected chi connectivity index (χ4v) is 1.46. The molecule has 15 heavy (non-hydrogen) atoms.